The maximum absolute atomic E-state index is 12.8. The van der Waals surface area contributed by atoms with E-state index in [1.807, 2.05) is 24.3 Å². The first-order valence-corrected chi connectivity index (χ1v) is 9.52. The number of hydrogen-bond donors (Lipinski definition) is 0. The van der Waals surface area contributed by atoms with Crippen LogP contribution >= 0.6 is 0 Å². The lowest BCUT2D eigenvalue weighted by Crippen LogP contribution is -2.48. The van der Waals surface area contributed by atoms with Crippen molar-refractivity contribution >= 4 is 15.7 Å². The fourth-order valence-electron chi connectivity index (χ4n) is 2.89. The molecule has 134 valence electrons. The van der Waals surface area contributed by atoms with Crippen molar-refractivity contribution in [3.05, 3.63) is 48.5 Å². The minimum absolute atomic E-state index is 0.268. The topological polar surface area (TPSA) is 59.1 Å². The maximum Gasteiger partial charge on any atom is 0.243 e. The molecule has 0 saturated carbocycles. The van der Waals surface area contributed by atoms with Crippen molar-refractivity contribution in [2.24, 2.45) is 0 Å². The smallest absolute Gasteiger partial charge is 0.243 e. The van der Waals surface area contributed by atoms with Crippen molar-refractivity contribution in [3.8, 4) is 11.5 Å². The predicted octanol–water partition coefficient (Wildman–Crippen LogP) is 2.21. The monoisotopic (exact) mass is 362 g/mol. The molecule has 2 aromatic carbocycles. The fourth-order valence-corrected chi connectivity index (χ4v) is 4.35. The van der Waals surface area contributed by atoms with Crippen LogP contribution in [0.3, 0.4) is 0 Å². The van der Waals surface area contributed by atoms with Crippen molar-refractivity contribution < 1.29 is 17.9 Å². The minimum atomic E-state index is -3.50. The number of nitrogens with zero attached hydrogens (tertiary/aromatic N) is 2. The molecule has 25 heavy (non-hydrogen) atoms. The Morgan fingerprint density at radius 3 is 2.08 bits per heavy atom. The summed E-state index contributed by atoms with van der Waals surface area (Å²) in [6.45, 7) is 2.20. The zero-order valence-corrected chi connectivity index (χ0v) is 15.2. The van der Waals surface area contributed by atoms with Crippen LogP contribution < -0.4 is 14.4 Å². The molecule has 0 spiro atoms. The van der Waals surface area contributed by atoms with Crippen molar-refractivity contribution in [1.29, 1.82) is 0 Å². The quantitative estimate of drug-likeness (QED) is 0.816. The normalized spacial score (nSPS) is 15.8. The summed E-state index contributed by atoms with van der Waals surface area (Å²) in [6, 6.07) is 14.4. The van der Waals surface area contributed by atoms with Gasteiger partial charge in [0.15, 0.2) is 0 Å². The molecule has 1 aliphatic rings. The molecule has 0 aliphatic carbocycles. The first-order chi connectivity index (χ1) is 12.0. The van der Waals surface area contributed by atoms with E-state index < -0.39 is 10.0 Å². The van der Waals surface area contributed by atoms with E-state index in [1.54, 1.807) is 31.4 Å². The number of hydrogen-bond acceptors (Lipinski definition) is 5. The van der Waals surface area contributed by atoms with E-state index in [0.29, 0.717) is 31.9 Å². The summed E-state index contributed by atoms with van der Waals surface area (Å²) in [4.78, 5) is 2.45. The Labute approximate surface area is 148 Å². The van der Waals surface area contributed by atoms with Crippen molar-refractivity contribution in [3.63, 3.8) is 0 Å². The number of piperazine rings is 1. The molecule has 0 atom stereocenters. The molecule has 0 amide bonds. The van der Waals surface area contributed by atoms with Crippen molar-refractivity contribution in [1.82, 2.24) is 4.31 Å². The predicted molar refractivity (Wildman–Crippen MR) is 97.0 cm³/mol. The highest BCUT2D eigenvalue weighted by atomic mass is 32.2. The highest BCUT2D eigenvalue weighted by Crippen LogP contribution is 2.24. The van der Waals surface area contributed by atoms with Crippen LogP contribution in [0.4, 0.5) is 5.69 Å². The molecule has 2 aromatic rings. The standard InChI is InChI=1S/C18H22N2O4S/c1-23-16-8-6-15(7-9-16)19-10-12-20(13-11-19)25(21,22)18-5-3-4-17(14-18)24-2/h3-9,14H,10-13H2,1-2H3. The highest BCUT2D eigenvalue weighted by Gasteiger charge is 2.28. The number of benzene rings is 2. The molecular formula is C18H22N2O4S. The molecule has 1 fully saturated rings. The highest BCUT2D eigenvalue weighted by molar-refractivity contribution is 7.89. The van der Waals surface area contributed by atoms with Gasteiger partial charge in [-0.25, -0.2) is 8.42 Å². The van der Waals surface area contributed by atoms with Gasteiger partial charge in [-0.1, -0.05) is 6.07 Å². The third kappa shape index (κ3) is 3.72. The van der Waals surface area contributed by atoms with Gasteiger partial charge in [-0.15, -0.1) is 0 Å². The minimum Gasteiger partial charge on any atom is -0.497 e. The molecule has 1 heterocycles. The summed E-state index contributed by atoms with van der Waals surface area (Å²) in [6.07, 6.45) is 0. The molecule has 0 unspecified atom stereocenters. The number of rotatable bonds is 5. The van der Waals surface area contributed by atoms with Gasteiger partial charge in [0.25, 0.3) is 0 Å². The average Bonchev–Trinajstić information content (AvgIpc) is 2.68. The van der Waals surface area contributed by atoms with Crippen LogP contribution in [-0.4, -0.2) is 53.1 Å². The van der Waals surface area contributed by atoms with E-state index in [4.69, 9.17) is 9.47 Å². The number of ether oxygens (including phenoxy) is 2. The van der Waals surface area contributed by atoms with Crippen LogP contribution in [0.2, 0.25) is 0 Å². The Balaban J connectivity index is 1.70. The lowest BCUT2D eigenvalue weighted by atomic mass is 10.2. The van der Waals surface area contributed by atoms with Gasteiger partial charge in [0.05, 0.1) is 19.1 Å². The maximum atomic E-state index is 12.8. The fraction of sp³-hybridized carbons (Fsp3) is 0.333. The molecule has 7 heteroatoms. The second-order valence-corrected chi connectivity index (χ2v) is 7.71. The summed E-state index contributed by atoms with van der Waals surface area (Å²) in [7, 11) is -0.341. The molecule has 3 rings (SSSR count). The molecule has 0 aromatic heterocycles. The average molecular weight is 362 g/mol. The van der Waals surface area contributed by atoms with Gasteiger partial charge in [0.2, 0.25) is 10.0 Å². The molecular weight excluding hydrogens is 340 g/mol. The number of methoxy groups -OCH3 is 2. The lowest BCUT2D eigenvalue weighted by molar-refractivity contribution is 0.383. The van der Waals surface area contributed by atoms with Crippen LogP contribution in [0.15, 0.2) is 53.4 Å². The molecule has 1 aliphatic heterocycles. The Kier molecular flexibility index (Phi) is 5.15. The Hall–Kier alpha value is -2.25. The van der Waals surface area contributed by atoms with Crippen LogP contribution in [0, 0.1) is 0 Å². The van der Waals surface area contributed by atoms with Gasteiger partial charge in [-0.3, -0.25) is 0 Å². The van der Waals surface area contributed by atoms with Crippen molar-refractivity contribution in [2.75, 3.05) is 45.3 Å². The number of sulfonamides is 1. The molecule has 0 bridgehead atoms. The van der Waals surface area contributed by atoms with Gasteiger partial charge in [0, 0.05) is 37.9 Å². The van der Waals surface area contributed by atoms with Gasteiger partial charge >= 0.3 is 0 Å². The van der Waals surface area contributed by atoms with Gasteiger partial charge in [-0.05, 0) is 36.4 Å². The van der Waals surface area contributed by atoms with E-state index in [-0.39, 0.29) is 4.90 Å². The van der Waals surface area contributed by atoms with Crippen LogP contribution in [0.25, 0.3) is 0 Å². The molecule has 0 N–H and O–H groups in total. The second kappa shape index (κ2) is 7.33. The van der Waals surface area contributed by atoms with E-state index in [2.05, 4.69) is 4.90 Å². The third-order valence-electron chi connectivity index (χ3n) is 4.36. The van der Waals surface area contributed by atoms with Gasteiger partial charge < -0.3 is 14.4 Å². The summed E-state index contributed by atoms with van der Waals surface area (Å²) in [5, 5.41) is 0. The van der Waals surface area contributed by atoms with E-state index in [0.717, 1.165) is 11.4 Å². The van der Waals surface area contributed by atoms with E-state index >= 15 is 0 Å². The largest absolute Gasteiger partial charge is 0.497 e. The molecule has 1 saturated heterocycles. The van der Waals surface area contributed by atoms with Gasteiger partial charge in [0.1, 0.15) is 11.5 Å². The van der Waals surface area contributed by atoms with Crippen LogP contribution in [0.1, 0.15) is 0 Å². The van der Waals surface area contributed by atoms with Crippen LogP contribution in [-0.2, 0) is 10.0 Å². The van der Waals surface area contributed by atoms with Crippen LogP contribution in [0.5, 0.6) is 11.5 Å². The number of anilines is 1. The summed E-state index contributed by atoms with van der Waals surface area (Å²) >= 11 is 0. The summed E-state index contributed by atoms with van der Waals surface area (Å²) in [5.41, 5.74) is 1.07. The second-order valence-electron chi connectivity index (χ2n) is 5.77. The summed E-state index contributed by atoms with van der Waals surface area (Å²) in [5.74, 6) is 1.35. The Bertz CT molecular complexity index is 813. The van der Waals surface area contributed by atoms with E-state index in [9.17, 15) is 8.42 Å². The lowest BCUT2D eigenvalue weighted by Gasteiger charge is -2.35. The SMILES string of the molecule is COc1ccc(N2CCN(S(=O)(=O)c3cccc(OC)c3)CC2)cc1. The first kappa shape index (κ1) is 17.6. The molecule has 6 nitrogen and oxygen atoms in total. The molecule has 0 radical (unpaired) electrons. The van der Waals surface area contributed by atoms with E-state index in [1.165, 1.54) is 11.4 Å². The third-order valence-corrected chi connectivity index (χ3v) is 6.25. The first-order valence-electron chi connectivity index (χ1n) is 8.08. The zero-order valence-electron chi connectivity index (χ0n) is 14.4. The van der Waals surface area contributed by atoms with Crippen molar-refractivity contribution in [2.45, 2.75) is 4.90 Å². The van der Waals surface area contributed by atoms with Gasteiger partial charge in [-0.2, -0.15) is 4.31 Å². The zero-order chi connectivity index (χ0) is 17.9. The Morgan fingerprint density at radius 1 is 0.840 bits per heavy atom. The Morgan fingerprint density at radius 2 is 1.48 bits per heavy atom. The summed E-state index contributed by atoms with van der Waals surface area (Å²) < 4.78 is 37.5.